The Balaban J connectivity index is 1.82. The summed E-state index contributed by atoms with van der Waals surface area (Å²) in [6, 6.07) is 11.8. The molecule has 0 aliphatic heterocycles. The molecule has 0 aliphatic carbocycles. The van der Waals surface area contributed by atoms with E-state index in [4.69, 9.17) is 11.6 Å². The van der Waals surface area contributed by atoms with E-state index in [1.807, 2.05) is 35.9 Å². The van der Waals surface area contributed by atoms with Crippen molar-refractivity contribution in [2.75, 3.05) is 0 Å². The van der Waals surface area contributed by atoms with Crippen LogP contribution in [-0.4, -0.2) is 15.5 Å². The van der Waals surface area contributed by atoms with Gasteiger partial charge in [0.05, 0.1) is 28.2 Å². The summed E-state index contributed by atoms with van der Waals surface area (Å²) < 4.78 is 15.6. The average Bonchev–Trinajstić information content (AvgIpc) is 2.82. The summed E-state index contributed by atoms with van der Waals surface area (Å²) >= 11 is 5.88. The molecule has 6 heteroatoms. The lowest BCUT2D eigenvalue weighted by atomic mass is 10.2. The van der Waals surface area contributed by atoms with E-state index >= 15 is 0 Å². The van der Waals surface area contributed by atoms with Crippen molar-refractivity contribution in [2.45, 2.75) is 6.54 Å². The maximum Gasteiger partial charge on any atom is 0.256 e. The molecule has 0 saturated heterocycles. The Bertz CT molecular complexity index is 839. The number of para-hydroxylation sites is 2. The minimum absolute atomic E-state index is 0.0856. The molecule has 1 heterocycles. The molecular weight excluding hydrogens is 305 g/mol. The first-order valence-electron chi connectivity index (χ1n) is 6.70. The van der Waals surface area contributed by atoms with E-state index < -0.39 is 11.7 Å². The molecule has 3 aromatic rings. The zero-order valence-electron chi connectivity index (χ0n) is 11.8. The van der Waals surface area contributed by atoms with Gasteiger partial charge < -0.3 is 9.88 Å². The van der Waals surface area contributed by atoms with Gasteiger partial charge in [0.1, 0.15) is 11.6 Å². The van der Waals surface area contributed by atoms with Crippen LogP contribution in [0.3, 0.4) is 0 Å². The minimum atomic E-state index is -0.644. The Hall–Kier alpha value is -2.40. The van der Waals surface area contributed by atoms with E-state index in [-0.39, 0.29) is 17.1 Å². The van der Waals surface area contributed by atoms with E-state index in [0.29, 0.717) is 5.82 Å². The molecule has 0 aliphatic rings. The Morgan fingerprint density at radius 3 is 2.77 bits per heavy atom. The number of aryl methyl sites for hydroxylation is 1. The Labute approximate surface area is 131 Å². The summed E-state index contributed by atoms with van der Waals surface area (Å²) in [4.78, 5) is 16.6. The first-order valence-corrected chi connectivity index (χ1v) is 7.08. The number of aromatic nitrogens is 2. The van der Waals surface area contributed by atoms with Gasteiger partial charge in [-0.3, -0.25) is 4.79 Å². The third-order valence-electron chi connectivity index (χ3n) is 3.48. The molecule has 0 spiro atoms. The van der Waals surface area contributed by atoms with E-state index in [9.17, 15) is 9.18 Å². The quantitative estimate of drug-likeness (QED) is 0.805. The largest absolute Gasteiger partial charge is 0.345 e. The second-order valence-corrected chi connectivity index (χ2v) is 5.26. The van der Waals surface area contributed by atoms with Crippen LogP contribution in [0, 0.1) is 5.82 Å². The molecule has 0 unspecified atom stereocenters. The van der Waals surface area contributed by atoms with Crippen LogP contribution in [0.25, 0.3) is 11.0 Å². The maximum absolute atomic E-state index is 13.7. The Morgan fingerprint density at radius 1 is 1.27 bits per heavy atom. The molecule has 0 saturated carbocycles. The molecule has 4 nitrogen and oxygen atoms in total. The van der Waals surface area contributed by atoms with Gasteiger partial charge in [0.25, 0.3) is 5.91 Å². The summed E-state index contributed by atoms with van der Waals surface area (Å²) in [5.74, 6) is -0.521. The second-order valence-electron chi connectivity index (χ2n) is 4.86. The lowest BCUT2D eigenvalue weighted by Gasteiger charge is -2.07. The van der Waals surface area contributed by atoms with Gasteiger partial charge in [-0.15, -0.1) is 0 Å². The zero-order valence-corrected chi connectivity index (χ0v) is 12.6. The Kier molecular flexibility index (Phi) is 3.81. The highest BCUT2D eigenvalue weighted by atomic mass is 35.5. The topological polar surface area (TPSA) is 46.9 Å². The van der Waals surface area contributed by atoms with Crippen LogP contribution in [0.15, 0.2) is 42.5 Å². The van der Waals surface area contributed by atoms with Gasteiger partial charge in [-0.25, -0.2) is 9.37 Å². The number of carbonyl (C=O) groups is 1. The standard InChI is InChI=1S/C16H13ClFN3O/c1-21-13-8-3-2-7-12(13)20-14(21)9-19-16(22)15-10(17)5-4-6-11(15)18/h2-8H,9H2,1H3,(H,19,22). The molecule has 1 N–H and O–H groups in total. The fourth-order valence-electron chi connectivity index (χ4n) is 2.32. The lowest BCUT2D eigenvalue weighted by molar-refractivity contribution is 0.0946. The number of carbonyl (C=O) groups excluding carboxylic acids is 1. The van der Waals surface area contributed by atoms with Gasteiger partial charge in [0.2, 0.25) is 0 Å². The highest BCUT2D eigenvalue weighted by Gasteiger charge is 2.16. The number of imidazole rings is 1. The summed E-state index contributed by atoms with van der Waals surface area (Å²) in [6.45, 7) is 0.189. The molecule has 2 aromatic carbocycles. The monoisotopic (exact) mass is 317 g/mol. The van der Waals surface area contributed by atoms with Crippen molar-refractivity contribution < 1.29 is 9.18 Å². The third kappa shape index (κ3) is 2.55. The van der Waals surface area contributed by atoms with Crippen LogP contribution in [0.4, 0.5) is 4.39 Å². The number of halogens is 2. The molecule has 0 radical (unpaired) electrons. The van der Waals surface area contributed by atoms with E-state index in [0.717, 1.165) is 11.0 Å². The molecule has 1 amide bonds. The Morgan fingerprint density at radius 2 is 2.05 bits per heavy atom. The zero-order chi connectivity index (χ0) is 15.7. The van der Waals surface area contributed by atoms with Crippen molar-refractivity contribution in [3.8, 4) is 0 Å². The minimum Gasteiger partial charge on any atom is -0.345 e. The summed E-state index contributed by atoms with van der Waals surface area (Å²) in [5.41, 5.74) is 1.66. The smallest absolute Gasteiger partial charge is 0.256 e. The van der Waals surface area contributed by atoms with Crippen molar-refractivity contribution in [1.29, 1.82) is 0 Å². The highest BCUT2D eigenvalue weighted by molar-refractivity contribution is 6.33. The van der Waals surface area contributed by atoms with Gasteiger partial charge in [-0.2, -0.15) is 0 Å². The SMILES string of the molecule is Cn1c(CNC(=O)c2c(F)cccc2Cl)nc2ccccc21. The van der Waals surface area contributed by atoms with Crippen molar-refractivity contribution in [3.63, 3.8) is 0 Å². The second kappa shape index (κ2) is 5.77. The number of hydrogen-bond donors (Lipinski definition) is 1. The first kappa shape index (κ1) is 14.5. The number of fused-ring (bicyclic) bond motifs is 1. The number of hydrogen-bond acceptors (Lipinski definition) is 2. The molecule has 3 rings (SSSR count). The van der Waals surface area contributed by atoms with E-state index in [1.54, 1.807) is 0 Å². The van der Waals surface area contributed by atoms with Gasteiger partial charge in [0, 0.05) is 7.05 Å². The molecule has 0 fully saturated rings. The maximum atomic E-state index is 13.7. The van der Waals surface area contributed by atoms with E-state index in [2.05, 4.69) is 10.3 Å². The van der Waals surface area contributed by atoms with Crippen molar-refractivity contribution in [1.82, 2.24) is 14.9 Å². The highest BCUT2D eigenvalue weighted by Crippen LogP contribution is 2.19. The summed E-state index contributed by atoms with van der Waals surface area (Å²) in [5, 5.41) is 2.74. The van der Waals surface area contributed by atoms with Gasteiger partial charge in [-0.05, 0) is 24.3 Å². The first-order chi connectivity index (χ1) is 10.6. The van der Waals surface area contributed by atoms with Crippen LogP contribution < -0.4 is 5.32 Å². The fraction of sp³-hybridized carbons (Fsp3) is 0.125. The summed E-state index contributed by atoms with van der Waals surface area (Å²) in [6.07, 6.45) is 0. The molecule has 1 aromatic heterocycles. The van der Waals surface area contributed by atoms with Crippen LogP contribution in [0.5, 0.6) is 0 Å². The predicted molar refractivity (Wildman–Crippen MR) is 83.3 cm³/mol. The predicted octanol–water partition coefficient (Wildman–Crippen LogP) is 3.30. The molecular formula is C16H13ClFN3O. The van der Waals surface area contributed by atoms with Crippen molar-refractivity contribution in [3.05, 3.63) is 64.7 Å². The number of rotatable bonds is 3. The number of benzene rings is 2. The van der Waals surface area contributed by atoms with Gasteiger partial charge in [-0.1, -0.05) is 29.8 Å². The molecule has 0 bridgehead atoms. The molecule has 0 atom stereocenters. The number of amides is 1. The number of nitrogens with zero attached hydrogens (tertiary/aromatic N) is 2. The van der Waals surface area contributed by atoms with Crippen LogP contribution in [0.2, 0.25) is 5.02 Å². The summed E-state index contributed by atoms with van der Waals surface area (Å²) in [7, 11) is 1.87. The third-order valence-corrected chi connectivity index (χ3v) is 3.79. The normalized spacial score (nSPS) is 10.9. The van der Waals surface area contributed by atoms with Crippen molar-refractivity contribution in [2.24, 2.45) is 7.05 Å². The lowest BCUT2D eigenvalue weighted by Crippen LogP contribution is -2.25. The van der Waals surface area contributed by atoms with E-state index in [1.165, 1.54) is 18.2 Å². The van der Waals surface area contributed by atoms with Crippen molar-refractivity contribution >= 4 is 28.5 Å². The van der Waals surface area contributed by atoms with Crippen LogP contribution in [0.1, 0.15) is 16.2 Å². The van der Waals surface area contributed by atoms with Crippen LogP contribution >= 0.6 is 11.6 Å². The molecule has 112 valence electrons. The van der Waals surface area contributed by atoms with Gasteiger partial charge >= 0.3 is 0 Å². The van der Waals surface area contributed by atoms with Gasteiger partial charge in [0.15, 0.2) is 0 Å². The van der Waals surface area contributed by atoms with Crippen LogP contribution in [-0.2, 0) is 13.6 Å². The average molecular weight is 318 g/mol. The fourth-order valence-corrected chi connectivity index (χ4v) is 2.56. The number of nitrogens with one attached hydrogen (secondary N) is 1. The molecule has 22 heavy (non-hydrogen) atoms.